The minimum absolute atomic E-state index is 0.000131. The number of hydrogen-bond donors (Lipinski definition) is 2. The highest BCUT2D eigenvalue weighted by Gasteiger charge is 2.22. The van der Waals surface area contributed by atoms with Gasteiger partial charge in [-0.1, -0.05) is 6.92 Å². The number of halogens is 2. The van der Waals surface area contributed by atoms with E-state index in [1.165, 1.54) is 22.8 Å². The van der Waals surface area contributed by atoms with Crippen LogP contribution in [0.3, 0.4) is 0 Å². The molecule has 1 amide bonds. The van der Waals surface area contributed by atoms with Gasteiger partial charge < -0.3 is 10.4 Å². The van der Waals surface area contributed by atoms with Gasteiger partial charge in [-0.25, -0.2) is 8.78 Å². The molecule has 2 aromatic carbocycles. The number of carbonyl (C=O) groups is 2. The third-order valence-corrected chi connectivity index (χ3v) is 4.60. The Bertz CT molecular complexity index is 1070. The van der Waals surface area contributed by atoms with Gasteiger partial charge in [0.25, 0.3) is 5.91 Å². The fourth-order valence-corrected chi connectivity index (χ4v) is 3.20. The number of nitrogens with one attached hydrogen (secondary N) is 1. The van der Waals surface area contributed by atoms with E-state index in [9.17, 15) is 23.5 Å². The average molecular weight is 386 g/mol. The van der Waals surface area contributed by atoms with Gasteiger partial charge in [0.05, 0.1) is 11.9 Å². The summed E-state index contributed by atoms with van der Waals surface area (Å²) < 4.78 is 28.2. The normalized spacial score (nSPS) is 11.0. The molecule has 28 heavy (non-hydrogen) atoms. The molecule has 1 heterocycles. The van der Waals surface area contributed by atoms with Crippen LogP contribution in [0.25, 0.3) is 10.9 Å². The molecule has 3 rings (SSSR count). The van der Waals surface area contributed by atoms with E-state index >= 15 is 0 Å². The Morgan fingerprint density at radius 2 is 1.86 bits per heavy atom. The summed E-state index contributed by atoms with van der Waals surface area (Å²) in [5.41, 5.74) is 1.55. The van der Waals surface area contributed by atoms with Crippen molar-refractivity contribution in [3.05, 3.63) is 64.9 Å². The number of phenolic OH excluding ortho intramolecular Hbond substituents is 1. The van der Waals surface area contributed by atoms with Crippen LogP contribution in [0.2, 0.25) is 0 Å². The Labute approximate surface area is 160 Å². The fraction of sp³-hybridized carbons (Fsp3) is 0.238. The SMILES string of the molecule is CCCNC(=O)Cc1c(C)n(C(=O)c2ccc(F)c(F)c2)c2ccc(O)cc12. The fourth-order valence-electron chi connectivity index (χ4n) is 3.20. The van der Waals surface area contributed by atoms with Crippen molar-refractivity contribution >= 4 is 22.7 Å². The molecule has 2 N–H and O–H groups in total. The molecule has 3 aromatic rings. The summed E-state index contributed by atoms with van der Waals surface area (Å²) in [5, 5.41) is 13.2. The molecular formula is C21H20F2N2O3. The minimum Gasteiger partial charge on any atom is -0.508 e. The second-order valence-corrected chi connectivity index (χ2v) is 6.56. The Kier molecular flexibility index (Phi) is 5.44. The first-order chi connectivity index (χ1) is 13.3. The first-order valence-electron chi connectivity index (χ1n) is 8.92. The molecule has 5 nitrogen and oxygen atoms in total. The first-order valence-corrected chi connectivity index (χ1v) is 8.92. The number of aromatic hydroxyl groups is 1. The lowest BCUT2D eigenvalue weighted by molar-refractivity contribution is -0.120. The van der Waals surface area contributed by atoms with Crippen LogP contribution in [0.5, 0.6) is 5.75 Å². The summed E-state index contributed by atoms with van der Waals surface area (Å²) in [5.74, 6) is -2.90. The number of benzene rings is 2. The maximum Gasteiger partial charge on any atom is 0.262 e. The first kappa shape index (κ1) is 19.5. The van der Waals surface area contributed by atoms with Crippen LogP contribution in [-0.2, 0) is 11.2 Å². The molecule has 0 saturated heterocycles. The summed E-state index contributed by atoms with van der Waals surface area (Å²) in [7, 11) is 0. The van der Waals surface area contributed by atoms with Crippen LogP contribution in [-0.4, -0.2) is 28.0 Å². The highest BCUT2D eigenvalue weighted by molar-refractivity contribution is 6.05. The van der Waals surface area contributed by atoms with Gasteiger partial charge in [0.15, 0.2) is 11.6 Å². The van der Waals surface area contributed by atoms with E-state index in [1.807, 2.05) is 6.92 Å². The van der Waals surface area contributed by atoms with E-state index in [-0.39, 0.29) is 23.6 Å². The molecule has 7 heteroatoms. The molecule has 0 aliphatic heterocycles. The predicted octanol–water partition coefficient (Wildman–Crippen LogP) is 3.69. The summed E-state index contributed by atoms with van der Waals surface area (Å²) in [4.78, 5) is 25.2. The lowest BCUT2D eigenvalue weighted by atomic mass is 10.1. The number of rotatable bonds is 5. The van der Waals surface area contributed by atoms with Gasteiger partial charge >= 0.3 is 0 Å². The van der Waals surface area contributed by atoms with Crippen molar-refractivity contribution in [1.29, 1.82) is 0 Å². The van der Waals surface area contributed by atoms with Gasteiger partial charge in [-0.2, -0.15) is 0 Å². The van der Waals surface area contributed by atoms with E-state index in [2.05, 4.69) is 5.32 Å². The number of hydrogen-bond acceptors (Lipinski definition) is 3. The van der Waals surface area contributed by atoms with Crippen molar-refractivity contribution < 1.29 is 23.5 Å². The average Bonchev–Trinajstić information content (AvgIpc) is 2.93. The van der Waals surface area contributed by atoms with Crippen LogP contribution in [0.15, 0.2) is 36.4 Å². The van der Waals surface area contributed by atoms with Crippen LogP contribution in [0.1, 0.15) is 35.0 Å². The maximum absolute atomic E-state index is 13.6. The highest BCUT2D eigenvalue weighted by Crippen LogP contribution is 2.30. The largest absolute Gasteiger partial charge is 0.508 e. The molecule has 0 aliphatic carbocycles. The second kappa shape index (κ2) is 7.80. The number of phenols is 1. The van der Waals surface area contributed by atoms with E-state index in [0.29, 0.717) is 28.7 Å². The van der Waals surface area contributed by atoms with Crippen molar-refractivity contribution in [1.82, 2.24) is 9.88 Å². The van der Waals surface area contributed by atoms with Crippen molar-refractivity contribution in [2.24, 2.45) is 0 Å². The number of nitrogens with zero attached hydrogens (tertiary/aromatic N) is 1. The predicted molar refractivity (Wildman–Crippen MR) is 101 cm³/mol. The lowest BCUT2D eigenvalue weighted by Gasteiger charge is -2.08. The Morgan fingerprint density at radius 1 is 1.11 bits per heavy atom. The van der Waals surface area contributed by atoms with Crippen molar-refractivity contribution in [2.75, 3.05) is 6.54 Å². The Balaban J connectivity index is 2.12. The molecule has 0 spiro atoms. The highest BCUT2D eigenvalue weighted by atomic mass is 19.2. The van der Waals surface area contributed by atoms with Gasteiger partial charge in [0.2, 0.25) is 5.91 Å². The van der Waals surface area contributed by atoms with Gasteiger partial charge in [-0.15, -0.1) is 0 Å². The lowest BCUT2D eigenvalue weighted by Crippen LogP contribution is -2.26. The number of amides is 1. The maximum atomic E-state index is 13.6. The molecule has 0 saturated carbocycles. The molecule has 0 aliphatic rings. The summed E-state index contributed by atoms with van der Waals surface area (Å²) in [6.07, 6.45) is 0.825. The Morgan fingerprint density at radius 3 is 2.54 bits per heavy atom. The summed E-state index contributed by atoms with van der Waals surface area (Å²) in [6.45, 7) is 4.16. The summed E-state index contributed by atoms with van der Waals surface area (Å²) >= 11 is 0. The summed E-state index contributed by atoms with van der Waals surface area (Å²) in [6, 6.07) is 7.42. The molecule has 0 radical (unpaired) electrons. The standard InChI is InChI=1S/C21H20F2N2O3/c1-3-8-24-20(27)11-15-12(2)25(19-7-5-14(26)10-16(15)19)21(28)13-4-6-17(22)18(23)9-13/h4-7,9-10,26H,3,8,11H2,1-2H3,(H,24,27). The van der Waals surface area contributed by atoms with Crippen molar-refractivity contribution in [2.45, 2.75) is 26.7 Å². The zero-order valence-electron chi connectivity index (χ0n) is 15.6. The van der Waals surface area contributed by atoms with E-state index in [4.69, 9.17) is 0 Å². The number of aromatic nitrogens is 1. The van der Waals surface area contributed by atoms with E-state index in [0.717, 1.165) is 18.6 Å². The smallest absolute Gasteiger partial charge is 0.262 e. The van der Waals surface area contributed by atoms with Gasteiger partial charge in [0, 0.05) is 23.2 Å². The third-order valence-electron chi connectivity index (χ3n) is 4.60. The van der Waals surface area contributed by atoms with Crippen LogP contribution < -0.4 is 5.32 Å². The van der Waals surface area contributed by atoms with Gasteiger partial charge in [-0.3, -0.25) is 14.2 Å². The molecular weight excluding hydrogens is 366 g/mol. The van der Waals surface area contributed by atoms with Crippen molar-refractivity contribution in [3.8, 4) is 5.75 Å². The quantitative estimate of drug-likeness (QED) is 0.703. The molecule has 146 valence electrons. The van der Waals surface area contributed by atoms with Crippen LogP contribution in [0.4, 0.5) is 8.78 Å². The zero-order chi connectivity index (χ0) is 20.4. The molecule has 1 aromatic heterocycles. The monoisotopic (exact) mass is 386 g/mol. The molecule has 0 atom stereocenters. The third kappa shape index (κ3) is 3.60. The van der Waals surface area contributed by atoms with Crippen LogP contribution >= 0.6 is 0 Å². The van der Waals surface area contributed by atoms with E-state index < -0.39 is 17.5 Å². The zero-order valence-corrected chi connectivity index (χ0v) is 15.6. The van der Waals surface area contributed by atoms with Gasteiger partial charge in [0.1, 0.15) is 5.75 Å². The Hall–Kier alpha value is -3.22. The topological polar surface area (TPSA) is 71.3 Å². The molecule has 0 unspecified atom stereocenters. The van der Waals surface area contributed by atoms with Crippen LogP contribution in [0, 0.1) is 18.6 Å². The molecule has 0 fully saturated rings. The molecule has 0 bridgehead atoms. The van der Waals surface area contributed by atoms with Gasteiger partial charge in [-0.05, 0) is 55.3 Å². The minimum atomic E-state index is -1.11. The number of carbonyl (C=O) groups excluding carboxylic acids is 2. The van der Waals surface area contributed by atoms with E-state index in [1.54, 1.807) is 13.0 Å². The second-order valence-electron chi connectivity index (χ2n) is 6.56. The van der Waals surface area contributed by atoms with Crippen molar-refractivity contribution in [3.63, 3.8) is 0 Å². The number of fused-ring (bicyclic) bond motifs is 1.